The molecule has 0 spiro atoms. The van der Waals surface area contributed by atoms with E-state index in [4.69, 9.17) is 30.1 Å². The third kappa shape index (κ3) is 10.3. The van der Waals surface area contributed by atoms with Crippen molar-refractivity contribution in [3.63, 3.8) is 0 Å². The van der Waals surface area contributed by atoms with Crippen molar-refractivity contribution in [1.29, 1.82) is 0 Å². The van der Waals surface area contributed by atoms with Crippen molar-refractivity contribution in [1.82, 2.24) is 24.0 Å². The second-order valence-electron chi connectivity index (χ2n) is 14.9. The number of primary amides is 1. The van der Waals surface area contributed by atoms with Gasteiger partial charge in [-0.3, -0.25) is 14.9 Å². The van der Waals surface area contributed by atoms with Gasteiger partial charge in [-0.1, -0.05) is 59.4 Å². The number of nitrogens with two attached hydrogens (primary N) is 2. The number of carbonyl (C=O) groups is 3. The first-order chi connectivity index (χ1) is 28.6. The second-order valence-corrected chi connectivity index (χ2v) is 14.9. The number of methoxy groups -OCH3 is 1. The quantitative estimate of drug-likeness (QED) is 0.0912. The lowest BCUT2D eigenvalue weighted by Crippen LogP contribution is -2.51. The second kappa shape index (κ2) is 20.1. The molecule has 1 aliphatic rings. The zero-order chi connectivity index (χ0) is 44.5. The summed E-state index contributed by atoms with van der Waals surface area (Å²) < 4.78 is 27.0. The highest BCUT2D eigenvalue weighted by molar-refractivity contribution is 6.04. The standard InChI is InChI=1S/C41H50N8O7.2C2H6/c1-9-25-17-28-23(3)36(42)48(33(28)32(18-25)54-16-13-26-21-47(22-26)40(52)56-41(5,6)7)14-11-12-15-49-34-30(19-27(37(43)50)20-31(34)53-8)45-39(49)46-38(51)35-29(10-2)44-24(4)55-35;2*1-2/h9,11-12,17-20,26H,1,10,13-16,21-22,42H2,2-8H3,(H2,43,50)(H,45,46,51);2*1-2H3/b12-11+;;. The number of allylic oxidation sites excluding steroid dienone is 2. The molecule has 3 aromatic heterocycles. The van der Waals surface area contributed by atoms with Gasteiger partial charge in [-0.2, -0.15) is 0 Å². The van der Waals surface area contributed by atoms with E-state index in [1.165, 1.54) is 7.11 Å². The Morgan fingerprint density at radius 1 is 0.983 bits per heavy atom. The highest BCUT2D eigenvalue weighted by Gasteiger charge is 2.33. The molecule has 0 aliphatic carbocycles. The molecule has 0 atom stereocenters. The number of imidazole rings is 1. The van der Waals surface area contributed by atoms with Gasteiger partial charge in [0, 0.05) is 44.1 Å². The highest BCUT2D eigenvalue weighted by Crippen LogP contribution is 2.37. The summed E-state index contributed by atoms with van der Waals surface area (Å²) in [6.07, 6.45) is 6.66. The van der Waals surface area contributed by atoms with Gasteiger partial charge >= 0.3 is 6.09 Å². The number of anilines is 2. The van der Waals surface area contributed by atoms with Crippen LogP contribution in [-0.4, -0.2) is 74.3 Å². The molecule has 1 fully saturated rings. The van der Waals surface area contributed by atoms with Crippen LogP contribution in [0.3, 0.4) is 0 Å². The van der Waals surface area contributed by atoms with Crippen molar-refractivity contribution in [2.24, 2.45) is 11.7 Å². The number of aryl methyl sites for hydroxylation is 3. The number of nitrogens with one attached hydrogen (secondary N) is 1. The normalized spacial score (nSPS) is 12.7. The van der Waals surface area contributed by atoms with E-state index in [-0.39, 0.29) is 29.9 Å². The molecule has 15 heteroatoms. The molecule has 0 saturated carbocycles. The molecule has 1 saturated heterocycles. The maximum absolute atomic E-state index is 13.5. The number of hydrogen-bond acceptors (Lipinski definition) is 10. The van der Waals surface area contributed by atoms with Gasteiger partial charge in [0.05, 0.1) is 30.4 Å². The zero-order valence-corrected chi connectivity index (χ0v) is 37.0. The third-order valence-electron chi connectivity index (χ3n) is 9.70. The van der Waals surface area contributed by atoms with E-state index in [0.717, 1.165) is 28.5 Å². The van der Waals surface area contributed by atoms with E-state index in [1.807, 2.05) is 91.2 Å². The molecular formula is C45H62N8O7. The number of rotatable bonds is 14. The molecular weight excluding hydrogens is 765 g/mol. The van der Waals surface area contributed by atoms with E-state index in [0.29, 0.717) is 78.5 Å². The predicted octanol–water partition coefficient (Wildman–Crippen LogP) is 8.69. The number of oxazole rings is 1. The number of benzene rings is 2. The van der Waals surface area contributed by atoms with E-state index in [2.05, 4.69) is 21.9 Å². The smallest absolute Gasteiger partial charge is 0.410 e. The number of aromatic nitrogens is 4. The van der Waals surface area contributed by atoms with E-state index < -0.39 is 17.4 Å². The van der Waals surface area contributed by atoms with Crippen molar-refractivity contribution in [2.75, 3.05) is 37.9 Å². The molecule has 6 rings (SSSR count). The Hall–Kier alpha value is -6.25. The van der Waals surface area contributed by atoms with Crippen LogP contribution >= 0.6 is 0 Å². The van der Waals surface area contributed by atoms with E-state index >= 15 is 0 Å². The highest BCUT2D eigenvalue weighted by atomic mass is 16.6. The number of hydrogen-bond donors (Lipinski definition) is 3. The molecule has 60 heavy (non-hydrogen) atoms. The topological polar surface area (TPSA) is 195 Å². The predicted molar refractivity (Wildman–Crippen MR) is 238 cm³/mol. The molecule has 0 radical (unpaired) electrons. The minimum Gasteiger partial charge on any atom is -0.494 e. The minimum absolute atomic E-state index is 0.0994. The SMILES string of the molecule is C=Cc1cc(OCCC2CN(C(=O)OC(C)(C)C)C2)c2c(c1)c(C)c(N)n2C/C=C/Cn1c(NC(=O)c2oc(C)nc2CC)nc2cc(C(N)=O)cc(OC)c21.CC.CC. The molecule has 1 aliphatic heterocycles. The van der Waals surface area contributed by atoms with Crippen LogP contribution in [0.1, 0.15) is 105 Å². The molecule has 5 N–H and O–H groups in total. The summed E-state index contributed by atoms with van der Waals surface area (Å²) in [6, 6.07) is 7.11. The Labute approximate surface area is 352 Å². The fourth-order valence-electron chi connectivity index (χ4n) is 6.84. The van der Waals surface area contributed by atoms with Crippen LogP contribution in [0.4, 0.5) is 16.6 Å². The lowest BCUT2D eigenvalue weighted by Gasteiger charge is -2.39. The number of fused-ring (bicyclic) bond motifs is 2. The first-order valence-corrected chi connectivity index (χ1v) is 20.6. The summed E-state index contributed by atoms with van der Waals surface area (Å²) >= 11 is 0. The van der Waals surface area contributed by atoms with Gasteiger partial charge in [-0.15, -0.1) is 0 Å². The summed E-state index contributed by atoms with van der Waals surface area (Å²) in [4.78, 5) is 48.7. The van der Waals surface area contributed by atoms with Gasteiger partial charge in [-0.05, 0) is 81.8 Å². The first kappa shape index (κ1) is 46.4. The van der Waals surface area contributed by atoms with Crippen molar-refractivity contribution >= 4 is 57.7 Å². The maximum atomic E-state index is 13.5. The summed E-state index contributed by atoms with van der Waals surface area (Å²) in [5.74, 6) is 1.48. The van der Waals surface area contributed by atoms with Gasteiger partial charge in [0.15, 0.2) is 5.89 Å². The van der Waals surface area contributed by atoms with Crippen molar-refractivity contribution in [3.8, 4) is 11.5 Å². The number of likely N-dealkylation sites (tertiary alicyclic amines) is 1. The Morgan fingerprint density at radius 2 is 1.65 bits per heavy atom. The molecule has 0 unspecified atom stereocenters. The summed E-state index contributed by atoms with van der Waals surface area (Å²) in [7, 11) is 1.49. The van der Waals surface area contributed by atoms with E-state index in [9.17, 15) is 14.4 Å². The summed E-state index contributed by atoms with van der Waals surface area (Å²) in [6.45, 7) is 25.5. The van der Waals surface area contributed by atoms with Crippen LogP contribution in [0.25, 0.3) is 28.0 Å². The number of nitrogens with zero attached hydrogens (tertiary/aromatic N) is 5. The lowest BCUT2D eigenvalue weighted by molar-refractivity contribution is -0.00382. The number of carbonyl (C=O) groups excluding carboxylic acids is 3. The van der Waals surface area contributed by atoms with Crippen molar-refractivity contribution in [2.45, 2.75) is 101 Å². The van der Waals surface area contributed by atoms with Gasteiger partial charge in [0.2, 0.25) is 17.6 Å². The largest absolute Gasteiger partial charge is 0.494 e. The fourth-order valence-corrected chi connectivity index (χ4v) is 6.84. The van der Waals surface area contributed by atoms with Crippen LogP contribution in [0, 0.1) is 19.8 Å². The number of amides is 3. The molecule has 324 valence electrons. The Balaban J connectivity index is 0.00000193. The molecule has 4 heterocycles. The average Bonchev–Trinajstić information content (AvgIpc) is 3.84. The first-order valence-electron chi connectivity index (χ1n) is 20.6. The van der Waals surface area contributed by atoms with Crippen LogP contribution in [-0.2, 0) is 24.2 Å². The molecule has 15 nitrogen and oxygen atoms in total. The summed E-state index contributed by atoms with van der Waals surface area (Å²) in [5.41, 5.74) is 16.2. The van der Waals surface area contributed by atoms with Crippen LogP contribution in [0.15, 0.2) is 47.4 Å². The summed E-state index contributed by atoms with van der Waals surface area (Å²) in [5, 5.41) is 3.82. The maximum Gasteiger partial charge on any atom is 0.410 e. The Bertz CT molecular complexity index is 2360. The third-order valence-corrected chi connectivity index (χ3v) is 9.70. The van der Waals surface area contributed by atoms with Crippen LogP contribution in [0.5, 0.6) is 11.5 Å². The Kier molecular flexibility index (Phi) is 15.6. The average molecular weight is 827 g/mol. The zero-order valence-electron chi connectivity index (χ0n) is 37.0. The molecule has 3 amide bonds. The monoisotopic (exact) mass is 826 g/mol. The van der Waals surface area contributed by atoms with Crippen molar-refractivity contribution < 1.29 is 33.0 Å². The van der Waals surface area contributed by atoms with Crippen molar-refractivity contribution in [3.05, 3.63) is 77.0 Å². The van der Waals surface area contributed by atoms with E-state index in [1.54, 1.807) is 34.6 Å². The molecule has 2 aromatic carbocycles. The lowest BCUT2D eigenvalue weighted by atomic mass is 9.97. The van der Waals surface area contributed by atoms with Gasteiger partial charge in [0.25, 0.3) is 5.91 Å². The number of ether oxygens (including phenoxy) is 3. The van der Waals surface area contributed by atoms with Gasteiger partial charge in [0.1, 0.15) is 28.4 Å². The van der Waals surface area contributed by atoms with Gasteiger partial charge < -0.3 is 44.1 Å². The van der Waals surface area contributed by atoms with Gasteiger partial charge in [-0.25, -0.2) is 14.8 Å². The Morgan fingerprint density at radius 3 is 2.25 bits per heavy atom. The van der Waals surface area contributed by atoms with Crippen LogP contribution in [0.2, 0.25) is 0 Å². The van der Waals surface area contributed by atoms with Crippen LogP contribution < -0.4 is 26.3 Å². The molecule has 0 bridgehead atoms. The number of nitrogen functional groups attached to an aromatic ring is 1. The minimum atomic E-state index is -0.641. The molecule has 5 aromatic rings. The fraction of sp³-hybridized carbons (Fsp3) is 0.444.